The standard InChI is InChI=1S/C17H22N4O2S/c1-13-9-11-21(12-10-13)17-8-7-16(18-19-17)14-3-5-15(6-4-14)20-24(2,22)23/h3-8,13,20H,9-12H2,1-2H3. The third-order valence-electron chi connectivity index (χ3n) is 4.24. The molecule has 0 bridgehead atoms. The summed E-state index contributed by atoms with van der Waals surface area (Å²) in [6.07, 6.45) is 3.52. The van der Waals surface area contributed by atoms with Crippen molar-refractivity contribution in [2.24, 2.45) is 5.92 Å². The molecule has 0 saturated carbocycles. The Morgan fingerprint density at radius 1 is 1.04 bits per heavy atom. The van der Waals surface area contributed by atoms with E-state index in [2.05, 4.69) is 26.7 Å². The number of sulfonamides is 1. The highest BCUT2D eigenvalue weighted by Gasteiger charge is 2.17. The van der Waals surface area contributed by atoms with E-state index in [1.807, 2.05) is 24.3 Å². The molecule has 7 heteroatoms. The lowest BCUT2D eigenvalue weighted by Crippen LogP contribution is -2.33. The van der Waals surface area contributed by atoms with Gasteiger partial charge < -0.3 is 4.90 Å². The van der Waals surface area contributed by atoms with Gasteiger partial charge in [0.05, 0.1) is 11.9 Å². The van der Waals surface area contributed by atoms with E-state index in [4.69, 9.17) is 0 Å². The number of hydrogen-bond donors (Lipinski definition) is 1. The van der Waals surface area contributed by atoms with Crippen LogP contribution in [-0.4, -0.2) is 38.0 Å². The zero-order chi connectivity index (χ0) is 17.2. The molecule has 1 aliphatic rings. The smallest absolute Gasteiger partial charge is 0.229 e. The maximum Gasteiger partial charge on any atom is 0.229 e. The van der Waals surface area contributed by atoms with Crippen LogP contribution in [0.15, 0.2) is 36.4 Å². The normalized spacial score (nSPS) is 16.2. The Hall–Kier alpha value is -2.15. The van der Waals surface area contributed by atoms with Gasteiger partial charge in [-0.2, -0.15) is 0 Å². The van der Waals surface area contributed by atoms with Crippen LogP contribution in [0.4, 0.5) is 11.5 Å². The van der Waals surface area contributed by atoms with Gasteiger partial charge >= 0.3 is 0 Å². The molecule has 0 spiro atoms. The van der Waals surface area contributed by atoms with Crippen LogP contribution in [0, 0.1) is 5.92 Å². The topological polar surface area (TPSA) is 75.2 Å². The molecular weight excluding hydrogens is 324 g/mol. The summed E-state index contributed by atoms with van der Waals surface area (Å²) in [4.78, 5) is 2.27. The lowest BCUT2D eigenvalue weighted by Gasteiger charge is -2.30. The third-order valence-corrected chi connectivity index (χ3v) is 4.85. The molecule has 24 heavy (non-hydrogen) atoms. The zero-order valence-corrected chi connectivity index (χ0v) is 14.8. The van der Waals surface area contributed by atoms with Gasteiger partial charge in [0.2, 0.25) is 10.0 Å². The first-order chi connectivity index (χ1) is 11.4. The van der Waals surface area contributed by atoms with E-state index in [0.29, 0.717) is 5.69 Å². The predicted molar refractivity (Wildman–Crippen MR) is 96.5 cm³/mol. The van der Waals surface area contributed by atoms with Crippen LogP contribution in [0.2, 0.25) is 0 Å². The Bertz CT molecular complexity index is 780. The van der Waals surface area contributed by atoms with Crippen molar-refractivity contribution in [2.75, 3.05) is 29.0 Å². The van der Waals surface area contributed by atoms with Gasteiger partial charge in [-0.15, -0.1) is 10.2 Å². The Balaban J connectivity index is 1.71. The van der Waals surface area contributed by atoms with Gasteiger partial charge in [0.15, 0.2) is 5.82 Å². The Labute approximate surface area is 143 Å². The third kappa shape index (κ3) is 4.23. The number of piperidine rings is 1. The highest BCUT2D eigenvalue weighted by atomic mass is 32.2. The van der Waals surface area contributed by atoms with Crippen molar-refractivity contribution in [1.29, 1.82) is 0 Å². The fourth-order valence-electron chi connectivity index (χ4n) is 2.81. The molecule has 0 unspecified atom stereocenters. The van der Waals surface area contributed by atoms with Gasteiger partial charge in [0.1, 0.15) is 0 Å². The SMILES string of the molecule is CC1CCN(c2ccc(-c3ccc(NS(C)(=O)=O)cc3)nn2)CC1. The van der Waals surface area contributed by atoms with E-state index < -0.39 is 10.0 Å². The maximum atomic E-state index is 11.2. The first-order valence-corrected chi connectivity index (χ1v) is 9.97. The number of nitrogens with zero attached hydrogens (tertiary/aromatic N) is 3. The Kier molecular flexibility index (Phi) is 4.71. The van der Waals surface area contributed by atoms with E-state index >= 15 is 0 Å². The highest BCUT2D eigenvalue weighted by Crippen LogP contribution is 2.24. The Morgan fingerprint density at radius 3 is 2.25 bits per heavy atom. The van der Waals surface area contributed by atoms with Gasteiger partial charge in [-0.3, -0.25) is 4.72 Å². The summed E-state index contributed by atoms with van der Waals surface area (Å²) in [5.74, 6) is 1.70. The molecule has 2 heterocycles. The number of hydrogen-bond acceptors (Lipinski definition) is 5. The van der Waals surface area contributed by atoms with Crippen molar-refractivity contribution in [1.82, 2.24) is 10.2 Å². The van der Waals surface area contributed by atoms with E-state index in [1.54, 1.807) is 12.1 Å². The molecule has 1 aromatic heterocycles. The molecule has 6 nitrogen and oxygen atoms in total. The summed E-state index contributed by atoms with van der Waals surface area (Å²) in [5.41, 5.74) is 2.21. The summed E-state index contributed by atoms with van der Waals surface area (Å²) in [6.45, 7) is 4.34. The van der Waals surface area contributed by atoms with Crippen LogP contribution in [0.25, 0.3) is 11.3 Å². The van der Waals surface area contributed by atoms with Crippen molar-refractivity contribution in [2.45, 2.75) is 19.8 Å². The van der Waals surface area contributed by atoms with Crippen LogP contribution in [0.1, 0.15) is 19.8 Å². The van der Waals surface area contributed by atoms with Gasteiger partial charge in [-0.05, 0) is 43.0 Å². The lowest BCUT2D eigenvalue weighted by molar-refractivity contribution is 0.436. The summed E-state index contributed by atoms with van der Waals surface area (Å²) >= 11 is 0. The average molecular weight is 346 g/mol. The van der Waals surface area contributed by atoms with Crippen LogP contribution in [0.5, 0.6) is 0 Å². The molecular formula is C17H22N4O2S. The molecule has 1 aliphatic heterocycles. The second-order valence-corrected chi connectivity index (χ2v) is 8.15. The van der Waals surface area contributed by atoms with E-state index in [-0.39, 0.29) is 0 Å². The lowest BCUT2D eigenvalue weighted by atomic mass is 9.99. The molecule has 0 amide bonds. The summed E-state index contributed by atoms with van der Waals surface area (Å²) in [7, 11) is -3.26. The molecule has 1 aromatic carbocycles. The van der Waals surface area contributed by atoms with Gasteiger partial charge in [0, 0.05) is 24.3 Å². The quantitative estimate of drug-likeness (QED) is 0.921. The molecule has 2 aromatic rings. The van der Waals surface area contributed by atoms with Crippen LogP contribution in [-0.2, 0) is 10.0 Å². The number of benzene rings is 1. The molecule has 1 saturated heterocycles. The molecule has 128 valence electrons. The van der Waals surface area contributed by atoms with E-state index in [1.165, 1.54) is 12.8 Å². The van der Waals surface area contributed by atoms with Crippen LogP contribution < -0.4 is 9.62 Å². The average Bonchev–Trinajstić information content (AvgIpc) is 2.55. The summed E-state index contributed by atoms with van der Waals surface area (Å²) in [5, 5.41) is 8.67. The first kappa shape index (κ1) is 16.7. The van der Waals surface area contributed by atoms with Crippen LogP contribution >= 0.6 is 0 Å². The van der Waals surface area contributed by atoms with Crippen molar-refractivity contribution in [3.05, 3.63) is 36.4 Å². The monoisotopic (exact) mass is 346 g/mol. The maximum absolute atomic E-state index is 11.2. The number of nitrogens with one attached hydrogen (secondary N) is 1. The molecule has 0 radical (unpaired) electrons. The summed E-state index contributed by atoms with van der Waals surface area (Å²) in [6, 6.07) is 11.1. The summed E-state index contributed by atoms with van der Waals surface area (Å²) < 4.78 is 24.9. The van der Waals surface area contributed by atoms with Gasteiger partial charge in [0.25, 0.3) is 0 Å². The largest absolute Gasteiger partial charge is 0.355 e. The van der Waals surface area contributed by atoms with Crippen molar-refractivity contribution >= 4 is 21.5 Å². The van der Waals surface area contributed by atoms with Gasteiger partial charge in [-0.1, -0.05) is 19.1 Å². The molecule has 3 rings (SSSR count). The first-order valence-electron chi connectivity index (χ1n) is 8.07. The Morgan fingerprint density at radius 2 is 1.71 bits per heavy atom. The minimum atomic E-state index is -3.26. The number of anilines is 2. The number of aromatic nitrogens is 2. The van der Waals surface area contributed by atoms with Crippen molar-refractivity contribution in [3.63, 3.8) is 0 Å². The van der Waals surface area contributed by atoms with E-state index in [0.717, 1.165) is 42.3 Å². The number of rotatable bonds is 4. The zero-order valence-electron chi connectivity index (χ0n) is 13.9. The molecule has 1 N–H and O–H groups in total. The van der Waals surface area contributed by atoms with Crippen molar-refractivity contribution in [3.8, 4) is 11.3 Å². The van der Waals surface area contributed by atoms with Crippen molar-refractivity contribution < 1.29 is 8.42 Å². The fourth-order valence-corrected chi connectivity index (χ4v) is 3.37. The molecule has 1 fully saturated rings. The minimum absolute atomic E-state index is 0.535. The molecule has 0 aliphatic carbocycles. The minimum Gasteiger partial charge on any atom is -0.355 e. The van der Waals surface area contributed by atoms with Gasteiger partial charge in [-0.25, -0.2) is 8.42 Å². The highest BCUT2D eigenvalue weighted by molar-refractivity contribution is 7.92. The predicted octanol–water partition coefficient (Wildman–Crippen LogP) is 2.75. The molecule has 0 atom stereocenters. The van der Waals surface area contributed by atoms with E-state index in [9.17, 15) is 8.42 Å². The fraction of sp³-hybridized carbons (Fsp3) is 0.412. The second kappa shape index (κ2) is 6.76. The van der Waals surface area contributed by atoms with Crippen LogP contribution in [0.3, 0.4) is 0 Å². The second-order valence-electron chi connectivity index (χ2n) is 6.40.